The second kappa shape index (κ2) is 6.23. The topological polar surface area (TPSA) is 55.8 Å². The minimum absolute atomic E-state index is 0.207. The lowest BCUT2D eigenvalue weighted by atomic mass is 10.1. The van der Waals surface area contributed by atoms with Crippen LogP contribution in [0.4, 0.5) is 4.79 Å². The number of carbonyl (C=O) groups is 2. The van der Waals surface area contributed by atoms with Crippen molar-refractivity contribution in [2.24, 2.45) is 0 Å². The van der Waals surface area contributed by atoms with E-state index in [-0.39, 0.29) is 18.9 Å². The molecule has 1 aromatic carbocycles. The van der Waals surface area contributed by atoms with E-state index in [1.54, 1.807) is 13.0 Å². The summed E-state index contributed by atoms with van der Waals surface area (Å²) in [4.78, 5) is 24.9. The van der Waals surface area contributed by atoms with Gasteiger partial charge in [-0.1, -0.05) is 29.8 Å². The molecule has 1 amide bonds. The van der Waals surface area contributed by atoms with E-state index in [9.17, 15) is 9.59 Å². The lowest BCUT2D eigenvalue weighted by Crippen LogP contribution is -2.29. The number of carbonyl (C=O) groups excluding carboxylic acids is 2. The molecule has 0 aliphatic carbocycles. The predicted octanol–water partition coefficient (Wildman–Crippen LogP) is 2.35. The van der Waals surface area contributed by atoms with Crippen LogP contribution in [0.3, 0.4) is 0 Å². The highest BCUT2D eigenvalue weighted by molar-refractivity contribution is 5.97. The number of rotatable bonds is 4. The van der Waals surface area contributed by atoms with E-state index in [0.29, 0.717) is 6.54 Å². The van der Waals surface area contributed by atoms with Gasteiger partial charge in [-0.05, 0) is 25.5 Å². The maximum Gasteiger partial charge on any atom is 0.414 e. The third-order valence-electron chi connectivity index (χ3n) is 2.92. The Kier molecular flexibility index (Phi) is 4.40. The van der Waals surface area contributed by atoms with Gasteiger partial charge in [-0.15, -0.1) is 0 Å². The summed E-state index contributed by atoms with van der Waals surface area (Å²) < 4.78 is 9.87. The number of nitrogens with zero attached hydrogens (tertiary/aromatic N) is 1. The van der Waals surface area contributed by atoms with Crippen LogP contribution < -0.4 is 0 Å². The molecule has 106 valence electrons. The minimum Gasteiger partial charge on any atom is -0.461 e. The Balaban J connectivity index is 2.32. The molecule has 20 heavy (non-hydrogen) atoms. The molecule has 0 bridgehead atoms. The number of cyclic esters (lactones) is 1. The Hall–Kier alpha value is -2.30. The fourth-order valence-electron chi connectivity index (χ4n) is 1.88. The first-order valence-electron chi connectivity index (χ1n) is 6.51. The number of amides is 1. The van der Waals surface area contributed by atoms with E-state index in [0.717, 1.165) is 11.1 Å². The van der Waals surface area contributed by atoms with Crippen LogP contribution in [0.15, 0.2) is 30.0 Å². The first-order chi connectivity index (χ1) is 9.61. The molecule has 1 saturated heterocycles. The van der Waals surface area contributed by atoms with Crippen molar-refractivity contribution in [3.05, 3.63) is 41.1 Å². The van der Waals surface area contributed by atoms with Crippen LogP contribution in [0.5, 0.6) is 0 Å². The van der Waals surface area contributed by atoms with Gasteiger partial charge in [0.25, 0.3) is 0 Å². The fourth-order valence-corrected chi connectivity index (χ4v) is 1.88. The average Bonchev–Trinajstić information content (AvgIpc) is 2.84. The summed E-state index contributed by atoms with van der Waals surface area (Å²) in [7, 11) is 0. The summed E-state index contributed by atoms with van der Waals surface area (Å²) in [6.07, 6.45) is 1.13. The quantitative estimate of drug-likeness (QED) is 0.625. The van der Waals surface area contributed by atoms with Crippen molar-refractivity contribution in [2.45, 2.75) is 13.8 Å². The van der Waals surface area contributed by atoms with Crippen LogP contribution >= 0.6 is 0 Å². The number of esters is 1. The molecule has 0 atom stereocenters. The molecular formula is C15H17NO4. The molecule has 0 spiro atoms. The number of ether oxygens (including phenoxy) is 2. The molecule has 1 heterocycles. The molecule has 1 fully saturated rings. The van der Waals surface area contributed by atoms with Crippen LogP contribution in [0.2, 0.25) is 0 Å². The highest BCUT2D eigenvalue weighted by Gasteiger charge is 2.30. The van der Waals surface area contributed by atoms with E-state index in [1.165, 1.54) is 4.90 Å². The molecule has 5 nitrogen and oxygen atoms in total. The fraction of sp³-hybridized carbons (Fsp3) is 0.333. The van der Waals surface area contributed by atoms with Gasteiger partial charge in [-0.25, -0.2) is 9.59 Å². The Morgan fingerprint density at radius 2 is 2.10 bits per heavy atom. The Bertz CT molecular complexity index is 533. The summed E-state index contributed by atoms with van der Waals surface area (Å²) in [5, 5.41) is 0. The third-order valence-corrected chi connectivity index (χ3v) is 2.92. The number of hydrogen-bond donors (Lipinski definition) is 0. The maximum atomic E-state index is 12.0. The van der Waals surface area contributed by atoms with E-state index in [1.807, 2.05) is 31.2 Å². The largest absolute Gasteiger partial charge is 0.461 e. The van der Waals surface area contributed by atoms with Crippen molar-refractivity contribution in [1.29, 1.82) is 0 Å². The summed E-state index contributed by atoms with van der Waals surface area (Å²) in [5.74, 6) is -0.521. The van der Waals surface area contributed by atoms with Crippen LogP contribution in [0.25, 0.3) is 6.08 Å². The van der Waals surface area contributed by atoms with Gasteiger partial charge in [0, 0.05) is 0 Å². The zero-order valence-corrected chi connectivity index (χ0v) is 11.6. The standard InChI is InChI=1S/C15H17NO4/c1-3-19-14(17)13(16-8-9-20-15(16)18)10-12-6-4-11(2)5-7-12/h4-7,10H,3,8-9H2,1-2H3/b13-10-. The van der Waals surface area contributed by atoms with Crippen molar-refractivity contribution < 1.29 is 19.1 Å². The molecule has 2 rings (SSSR count). The maximum absolute atomic E-state index is 12.0. The summed E-state index contributed by atoms with van der Waals surface area (Å²) >= 11 is 0. The van der Waals surface area contributed by atoms with Crippen molar-refractivity contribution >= 4 is 18.1 Å². The van der Waals surface area contributed by atoms with E-state index in [2.05, 4.69) is 0 Å². The van der Waals surface area contributed by atoms with E-state index in [4.69, 9.17) is 9.47 Å². The van der Waals surface area contributed by atoms with Gasteiger partial charge in [0.05, 0.1) is 13.2 Å². The van der Waals surface area contributed by atoms with E-state index < -0.39 is 12.1 Å². The number of hydrogen-bond acceptors (Lipinski definition) is 4. The molecule has 0 unspecified atom stereocenters. The van der Waals surface area contributed by atoms with Gasteiger partial charge >= 0.3 is 12.1 Å². The molecule has 1 aliphatic heterocycles. The van der Waals surface area contributed by atoms with Gasteiger partial charge in [0.15, 0.2) is 0 Å². The molecule has 1 aliphatic rings. The minimum atomic E-state index is -0.521. The zero-order valence-electron chi connectivity index (χ0n) is 11.6. The van der Waals surface area contributed by atoms with Crippen molar-refractivity contribution in [3.63, 3.8) is 0 Å². The van der Waals surface area contributed by atoms with Gasteiger partial charge in [0.2, 0.25) is 0 Å². The van der Waals surface area contributed by atoms with Crippen LogP contribution in [-0.4, -0.2) is 36.7 Å². The first kappa shape index (κ1) is 14.1. The number of aryl methyl sites for hydroxylation is 1. The highest BCUT2D eigenvalue weighted by Crippen LogP contribution is 2.18. The zero-order chi connectivity index (χ0) is 14.5. The number of benzene rings is 1. The Morgan fingerprint density at radius 1 is 1.40 bits per heavy atom. The molecule has 5 heteroatoms. The summed E-state index contributed by atoms with van der Waals surface area (Å²) in [6.45, 7) is 4.60. The smallest absolute Gasteiger partial charge is 0.414 e. The first-order valence-corrected chi connectivity index (χ1v) is 6.51. The predicted molar refractivity (Wildman–Crippen MR) is 73.8 cm³/mol. The molecule has 0 saturated carbocycles. The van der Waals surface area contributed by atoms with Gasteiger partial charge in [-0.2, -0.15) is 0 Å². The Morgan fingerprint density at radius 3 is 2.65 bits per heavy atom. The van der Waals surface area contributed by atoms with Crippen molar-refractivity contribution in [1.82, 2.24) is 4.90 Å². The third kappa shape index (κ3) is 3.17. The lowest BCUT2D eigenvalue weighted by molar-refractivity contribution is -0.139. The van der Waals surface area contributed by atoms with Gasteiger partial charge < -0.3 is 9.47 Å². The van der Waals surface area contributed by atoms with Crippen LogP contribution in [0.1, 0.15) is 18.1 Å². The second-order valence-electron chi connectivity index (χ2n) is 4.43. The second-order valence-corrected chi connectivity index (χ2v) is 4.43. The van der Waals surface area contributed by atoms with Crippen LogP contribution in [0, 0.1) is 6.92 Å². The molecule has 0 N–H and O–H groups in total. The summed E-state index contributed by atoms with van der Waals surface area (Å²) in [6, 6.07) is 7.65. The average molecular weight is 275 g/mol. The summed E-state index contributed by atoms with van der Waals surface area (Å²) in [5.41, 5.74) is 2.16. The van der Waals surface area contributed by atoms with E-state index >= 15 is 0 Å². The normalized spacial score (nSPS) is 15.2. The SMILES string of the molecule is CCOC(=O)/C(=C/c1ccc(C)cc1)N1CCOC1=O. The molecule has 0 radical (unpaired) electrons. The highest BCUT2D eigenvalue weighted by atomic mass is 16.6. The van der Waals surface area contributed by atoms with Crippen LogP contribution in [-0.2, 0) is 14.3 Å². The van der Waals surface area contributed by atoms with Gasteiger partial charge in [0.1, 0.15) is 12.3 Å². The lowest BCUT2D eigenvalue weighted by Gasteiger charge is -2.15. The van der Waals surface area contributed by atoms with Crippen molar-refractivity contribution in [2.75, 3.05) is 19.8 Å². The molecule has 1 aromatic rings. The molecular weight excluding hydrogens is 258 g/mol. The Labute approximate surface area is 117 Å². The molecule has 0 aromatic heterocycles. The van der Waals surface area contributed by atoms with Gasteiger partial charge in [-0.3, -0.25) is 4.90 Å². The monoisotopic (exact) mass is 275 g/mol. The van der Waals surface area contributed by atoms with Crippen molar-refractivity contribution in [3.8, 4) is 0 Å².